The average molecular weight is 372 g/mol. The Morgan fingerprint density at radius 2 is 1.63 bits per heavy atom. The van der Waals surface area contributed by atoms with Gasteiger partial charge in [-0.1, -0.05) is 32.6 Å². The molecule has 2 heteroatoms. The second kappa shape index (κ2) is 8.44. The third-order valence-corrected chi connectivity index (χ3v) is 9.42. The molecule has 0 saturated heterocycles. The van der Waals surface area contributed by atoms with E-state index in [2.05, 4.69) is 13.0 Å². The van der Waals surface area contributed by atoms with Gasteiger partial charge in [-0.2, -0.15) is 5.26 Å². The summed E-state index contributed by atoms with van der Waals surface area (Å²) in [6.45, 7) is 2.27. The lowest BCUT2D eigenvalue weighted by Crippen LogP contribution is -2.50. The number of nitriles is 1. The quantitative estimate of drug-likeness (QED) is 0.501. The molecule has 4 rings (SSSR count). The third kappa shape index (κ3) is 3.71. The van der Waals surface area contributed by atoms with Crippen molar-refractivity contribution < 1.29 is 4.74 Å². The number of nitrogens with zero attached hydrogens (tertiary/aromatic N) is 1. The van der Waals surface area contributed by atoms with Gasteiger partial charge in [0.1, 0.15) is 0 Å². The van der Waals surface area contributed by atoms with Gasteiger partial charge in [-0.25, -0.2) is 0 Å². The van der Waals surface area contributed by atoms with E-state index in [1.54, 1.807) is 0 Å². The fourth-order valence-electron chi connectivity index (χ4n) is 8.18. The number of rotatable bonds is 5. The maximum atomic E-state index is 10.0. The molecule has 0 N–H and O–H groups in total. The lowest BCUT2D eigenvalue weighted by Gasteiger charge is -2.56. The van der Waals surface area contributed by atoms with Crippen LogP contribution in [0.25, 0.3) is 0 Å². The summed E-state index contributed by atoms with van der Waals surface area (Å²) in [6.07, 6.45) is 19.1. The molecule has 0 heterocycles. The summed E-state index contributed by atoms with van der Waals surface area (Å²) in [5.41, 5.74) is 0.0202. The van der Waals surface area contributed by atoms with Crippen molar-refractivity contribution in [1.82, 2.24) is 0 Å². The number of unbranched alkanes of at least 4 members (excludes halogenated alkanes) is 2. The fourth-order valence-corrected chi connectivity index (χ4v) is 8.18. The average Bonchev–Trinajstić information content (AvgIpc) is 2.72. The molecule has 6 unspecified atom stereocenters. The molecule has 4 aliphatic carbocycles. The van der Waals surface area contributed by atoms with Gasteiger partial charge < -0.3 is 4.74 Å². The van der Waals surface area contributed by atoms with Crippen LogP contribution in [0.1, 0.15) is 96.8 Å². The molecule has 4 saturated carbocycles. The van der Waals surface area contributed by atoms with E-state index in [1.807, 2.05) is 7.11 Å². The van der Waals surface area contributed by atoms with Crippen molar-refractivity contribution in [3.63, 3.8) is 0 Å². The van der Waals surface area contributed by atoms with E-state index in [0.29, 0.717) is 6.10 Å². The summed E-state index contributed by atoms with van der Waals surface area (Å²) in [5, 5.41) is 10.0. The molecule has 0 amide bonds. The molecule has 0 radical (unpaired) electrons. The SMILES string of the molecule is CCCCC[C@]1(C#N)CCC2C(CCC3C2CCC2C3CCC[C@@H]2OC)C1. The monoisotopic (exact) mass is 371 g/mol. The van der Waals surface area contributed by atoms with Crippen LogP contribution in [-0.2, 0) is 4.74 Å². The highest BCUT2D eigenvalue weighted by Gasteiger charge is 2.52. The van der Waals surface area contributed by atoms with Gasteiger partial charge in [0.05, 0.1) is 17.6 Å². The Balaban J connectivity index is 1.43. The molecule has 0 aromatic rings. The van der Waals surface area contributed by atoms with Crippen LogP contribution in [0, 0.1) is 52.3 Å². The van der Waals surface area contributed by atoms with Crippen molar-refractivity contribution in [2.24, 2.45) is 40.9 Å². The number of hydrogen-bond acceptors (Lipinski definition) is 2. The molecule has 152 valence electrons. The van der Waals surface area contributed by atoms with Crippen LogP contribution in [0.3, 0.4) is 0 Å². The normalized spacial score (nSPS) is 46.6. The van der Waals surface area contributed by atoms with E-state index in [1.165, 1.54) is 83.5 Å². The minimum atomic E-state index is 0.0202. The lowest BCUT2D eigenvalue weighted by molar-refractivity contribution is -0.0993. The summed E-state index contributed by atoms with van der Waals surface area (Å²) < 4.78 is 5.90. The molecule has 27 heavy (non-hydrogen) atoms. The Hall–Kier alpha value is -0.550. The third-order valence-electron chi connectivity index (χ3n) is 9.42. The largest absolute Gasteiger partial charge is 0.381 e. The van der Waals surface area contributed by atoms with Crippen LogP contribution in [0.5, 0.6) is 0 Å². The minimum absolute atomic E-state index is 0.0202. The van der Waals surface area contributed by atoms with Crippen LogP contribution in [0.15, 0.2) is 0 Å². The summed E-state index contributed by atoms with van der Waals surface area (Å²) in [6, 6.07) is 2.82. The van der Waals surface area contributed by atoms with Crippen molar-refractivity contribution in [2.45, 2.75) is 103 Å². The van der Waals surface area contributed by atoms with Gasteiger partial charge >= 0.3 is 0 Å². The number of hydrogen-bond donors (Lipinski definition) is 0. The molecule has 2 nitrogen and oxygen atoms in total. The van der Waals surface area contributed by atoms with Crippen LogP contribution in [-0.4, -0.2) is 13.2 Å². The van der Waals surface area contributed by atoms with Gasteiger partial charge in [-0.15, -0.1) is 0 Å². The first-order valence-corrected chi connectivity index (χ1v) is 12.2. The Bertz CT molecular complexity index is 539. The van der Waals surface area contributed by atoms with Crippen molar-refractivity contribution >= 4 is 0 Å². The number of methoxy groups -OCH3 is 1. The van der Waals surface area contributed by atoms with Gasteiger partial charge in [0, 0.05) is 7.11 Å². The van der Waals surface area contributed by atoms with E-state index in [-0.39, 0.29) is 5.41 Å². The highest BCUT2D eigenvalue weighted by Crippen LogP contribution is 2.60. The molecule has 8 atom stereocenters. The topological polar surface area (TPSA) is 33.0 Å². The maximum absolute atomic E-state index is 10.0. The Morgan fingerprint density at radius 1 is 0.889 bits per heavy atom. The van der Waals surface area contributed by atoms with Crippen molar-refractivity contribution in [1.29, 1.82) is 5.26 Å². The van der Waals surface area contributed by atoms with Crippen LogP contribution in [0.4, 0.5) is 0 Å². The maximum Gasteiger partial charge on any atom is 0.0689 e. The van der Waals surface area contributed by atoms with E-state index in [0.717, 1.165) is 41.9 Å². The first-order valence-electron chi connectivity index (χ1n) is 12.2. The second-order valence-electron chi connectivity index (χ2n) is 10.5. The van der Waals surface area contributed by atoms with Crippen molar-refractivity contribution in [2.75, 3.05) is 7.11 Å². The summed E-state index contributed by atoms with van der Waals surface area (Å²) >= 11 is 0. The zero-order valence-corrected chi connectivity index (χ0v) is 17.8. The molecular formula is C25H41NO. The standard InChI is InChI=1S/C25H41NO/c1-3-4-5-14-25(17-26)15-13-19-18(16-25)9-10-22-20-7-6-8-24(27-2)23(20)12-11-21(19)22/h18-24H,3-16H2,1-2H3/t18?,19?,20?,21?,22?,23?,24-,25-/m0/s1. The Kier molecular flexibility index (Phi) is 6.18. The number of ether oxygens (including phenoxy) is 1. The first kappa shape index (κ1) is 19.8. The highest BCUT2D eigenvalue weighted by atomic mass is 16.5. The second-order valence-corrected chi connectivity index (χ2v) is 10.5. The highest BCUT2D eigenvalue weighted by molar-refractivity contribution is 5.07. The molecular weight excluding hydrogens is 330 g/mol. The van der Waals surface area contributed by atoms with E-state index in [4.69, 9.17) is 4.74 Å². The van der Waals surface area contributed by atoms with E-state index in [9.17, 15) is 5.26 Å². The van der Waals surface area contributed by atoms with Gasteiger partial charge in [0.25, 0.3) is 0 Å². The van der Waals surface area contributed by atoms with Crippen molar-refractivity contribution in [3.05, 3.63) is 0 Å². The van der Waals surface area contributed by atoms with Crippen molar-refractivity contribution in [3.8, 4) is 6.07 Å². The summed E-state index contributed by atoms with van der Waals surface area (Å²) in [4.78, 5) is 0. The van der Waals surface area contributed by atoms with Crippen LogP contribution >= 0.6 is 0 Å². The van der Waals surface area contributed by atoms with Gasteiger partial charge in [0.15, 0.2) is 0 Å². The first-order chi connectivity index (χ1) is 13.2. The molecule has 0 aliphatic heterocycles. The molecule has 0 aromatic carbocycles. The van der Waals surface area contributed by atoms with E-state index < -0.39 is 0 Å². The zero-order chi connectivity index (χ0) is 18.9. The summed E-state index contributed by atoms with van der Waals surface area (Å²) in [5.74, 6) is 5.50. The lowest BCUT2D eigenvalue weighted by atomic mass is 9.49. The predicted octanol–water partition coefficient (Wildman–Crippen LogP) is 6.74. The van der Waals surface area contributed by atoms with Gasteiger partial charge in [0.2, 0.25) is 0 Å². The molecule has 0 bridgehead atoms. The smallest absolute Gasteiger partial charge is 0.0689 e. The minimum Gasteiger partial charge on any atom is -0.381 e. The van der Waals surface area contributed by atoms with E-state index >= 15 is 0 Å². The van der Waals surface area contributed by atoms with Crippen LogP contribution < -0.4 is 0 Å². The summed E-state index contributed by atoms with van der Waals surface area (Å²) in [7, 11) is 1.94. The number of fused-ring (bicyclic) bond motifs is 5. The fraction of sp³-hybridized carbons (Fsp3) is 0.960. The Labute approximate surface area is 167 Å². The zero-order valence-electron chi connectivity index (χ0n) is 17.8. The van der Waals surface area contributed by atoms with Gasteiger partial charge in [-0.3, -0.25) is 0 Å². The Morgan fingerprint density at radius 3 is 2.41 bits per heavy atom. The molecule has 4 aliphatic rings. The molecule has 0 aromatic heterocycles. The van der Waals surface area contributed by atoms with Crippen LogP contribution in [0.2, 0.25) is 0 Å². The molecule has 0 spiro atoms. The predicted molar refractivity (Wildman–Crippen MR) is 110 cm³/mol. The van der Waals surface area contributed by atoms with Gasteiger partial charge in [-0.05, 0) is 99.7 Å². The molecule has 4 fully saturated rings.